The first-order chi connectivity index (χ1) is 9.04. The molecule has 0 unspecified atom stereocenters. The third-order valence-electron chi connectivity index (χ3n) is 2.18. The monoisotopic (exact) mass is 328 g/mol. The van der Waals surface area contributed by atoms with Gasteiger partial charge in [0.15, 0.2) is 0 Å². The summed E-state index contributed by atoms with van der Waals surface area (Å²) in [5, 5.41) is 8.62. The summed E-state index contributed by atoms with van der Waals surface area (Å²) in [6.45, 7) is 0.156. The summed E-state index contributed by atoms with van der Waals surface area (Å²) in [5.74, 6) is -0.918. The van der Waals surface area contributed by atoms with Crippen molar-refractivity contribution in [3.8, 4) is 5.75 Å². The number of para-hydroxylation sites is 1. The molecule has 1 aromatic carbocycles. The Balaban J connectivity index is 2.80. The number of hydrogen-bond donors (Lipinski definition) is 1. The minimum atomic E-state index is -1.04. The van der Waals surface area contributed by atoms with E-state index in [1.807, 2.05) is 0 Å². The van der Waals surface area contributed by atoms with Gasteiger partial charge in [-0.2, -0.15) is 0 Å². The lowest BCUT2D eigenvalue weighted by Crippen LogP contribution is -2.08. The average molecular weight is 329 g/mol. The van der Waals surface area contributed by atoms with Gasteiger partial charge in [-0.3, -0.25) is 4.79 Å². The number of carboxylic acids is 1. The summed E-state index contributed by atoms with van der Waals surface area (Å²) in [5.41, 5.74) is 0.613. The molecule has 1 N–H and O–H groups in total. The second-order valence-corrected chi connectivity index (χ2v) is 4.36. The molecule has 0 aliphatic heterocycles. The molecule has 0 bridgehead atoms. The number of carbonyl (C=O) groups excluding carboxylic acids is 1. The Morgan fingerprint density at radius 2 is 2.16 bits per heavy atom. The first kappa shape index (κ1) is 15.2. The molecule has 0 aromatic heterocycles. The molecule has 0 radical (unpaired) electrons. The third-order valence-corrected chi connectivity index (χ3v) is 2.81. The van der Waals surface area contributed by atoms with Crippen molar-refractivity contribution in [1.29, 1.82) is 0 Å². The van der Waals surface area contributed by atoms with Gasteiger partial charge in [0.1, 0.15) is 5.75 Å². The van der Waals surface area contributed by atoms with Crippen LogP contribution in [0.5, 0.6) is 5.75 Å². The highest BCUT2D eigenvalue weighted by atomic mass is 79.9. The van der Waals surface area contributed by atoms with Crippen molar-refractivity contribution in [1.82, 2.24) is 0 Å². The van der Waals surface area contributed by atoms with Gasteiger partial charge in [-0.25, -0.2) is 4.79 Å². The van der Waals surface area contributed by atoms with Crippen LogP contribution < -0.4 is 4.74 Å². The summed E-state index contributed by atoms with van der Waals surface area (Å²) >= 11 is 3.32. The van der Waals surface area contributed by atoms with Crippen LogP contribution in [0.3, 0.4) is 0 Å². The molecule has 19 heavy (non-hydrogen) atoms. The number of carboxylic acid groups (broad SMARTS) is 1. The Hall–Kier alpha value is -1.82. The smallest absolute Gasteiger partial charge is 0.328 e. The number of methoxy groups -OCH3 is 1. The SMILES string of the molecule is COC(=O)CCOc1c(Br)cccc1C=CC(=O)O. The maximum atomic E-state index is 11.0. The van der Waals surface area contributed by atoms with E-state index in [1.54, 1.807) is 18.2 Å². The highest BCUT2D eigenvalue weighted by Crippen LogP contribution is 2.30. The van der Waals surface area contributed by atoms with Crippen LogP contribution in [0.15, 0.2) is 28.7 Å². The van der Waals surface area contributed by atoms with Gasteiger partial charge in [0.25, 0.3) is 0 Å². The maximum absolute atomic E-state index is 11.0. The van der Waals surface area contributed by atoms with Crippen LogP contribution in [0.25, 0.3) is 6.08 Å². The number of hydrogen-bond acceptors (Lipinski definition) is 4. The molecule has 1 rings (SSSR count). The predicted molar refractivity (Wildman–Crippen MR) is 72.9 cm³/mol. The lowest BCUT2D eigenvalue weighted by atomic mass is 10.2. The molecule has 102 valence electrons. The molecule has 6 heteroatoms. The van der Waals surface area contributed by atoms with Gasteiger partial charge >= 0.3 is 11.9 Å². The van der Waals surface area contributed by atoms with Crippen molar-refractivity contribution in [3.05, 3.63) is 34.3 Å². The number of rotatable bonds is 6. The van der Waals surface area contributed by atoms with E-state index >= 15 is 0 Å². The van der Waals surface area contributed by atoms with Crippen molar-refractivity contribution >= 4 is 33.9 Å². The Bertz CT molecular complexity index is 496. The highest BCUT2D eigenvalue weighted by molar-refractivity contribution is 9.10. The Labute approximate surface area is 119 Å². The minimum Gasteiger partial charge on any atom is -0.491 e. The fraction of sp³-hybridized carbons (Fsp3) is 0.231. The number of benzene rings is 1. The van der Waals surface area contributed by atoms with Crippen LogP contribution in [0.4, 0.5) is 0 Å². The van der Waals surface area contributed by atoms with E-state index in [1.165, 1.54) is 13.2 Å². The highest BCUT2D eigenvalue weighted by Gasteiger charge is 2.08. The third kappa shape index (κ3) is 5.13. The molecular weight excluding hydrogens is 316 g/mol. The summed E-state index contributed by atoms with van der Waals surface area (Å²) < 4.78 is 10.7. The van der Waals surface area contributed by atoms with Crippen molar-refractivity contribution < 1.29 is 24.2 Å². The van der Waals surface area contributed by atoms with Crippen LogP contribution in [-0.2, 0) is 14.3 Å². The molecule has 0 heterocycles. The van der Waals surface area contributed by atoms with Gasteiger partial charge in [0, 0.05) is 11.6 Å². The van der Waals surface area contributed by atoms with Crippen molar-refractivity contribution in [2.24, 2.45) is 0 Å². The molecular formula is C13H13BrO5. The average Bonchev–Trinajstić information content (AvgIpc) is 2.38. The van der Waals surface area contributed by atoms with E-state index in [4.69, 9.17) is 9.84 Å². The maximum Gasteiger partial charge on any atom is 0.328 e. The number of esters is 1. The van der Waals surface area contributed by atoms with Crippen molar-refractivity contribution in [2.45, 2.75) is 6.42 Å². The van der Waals surface area contributed by atoms with Gasteiger partial charge in [-0.05, 0) is 28.1 Å². The quantitative estimate of drug-likeness (QED) is 0.641. The zero-order chi connectivity index (χ0) is 14.3. The second kappa shape index (κ2) is 7.58. The van der Waals surface area contributed by atoms with E-state index in [2.05, 4.69) is 20.7 Å². The van der Waals surface area contributed by atoms with E-state index in [0.29, 0.717) is 15.8 Å². The number of ether oxygens (including phenoxy) is 2. The Morgan fingerprint density at radius 3 is 2.79 bits per heavy atom. The number of aliphatic carboxylic acids is 1. The zero-order valence-electron chi connectivity index (χ0n) is 10.3. The van der Waals surface area contributed by atoms with Crippen LogP contribution in [-0.4, -0.2) is 30.8 Å². The predicted octanol–water partition coefficient (Wildman–Crippen LogP) is 2.49. The first-order valence-electron chi connectivity index (χ1n) is 5.43. The second-order valence-electron chi connectivity index (χ2n) is 3.50. The zero-order valence-corrected chi connectivity index (χ0v) is 11.8. The first-order valence-corrected chi connectivity index (χ1v) is 6.23. The Kier molecular flexibility index (Phi) is 6.08. The van der Waals surface area contributed by atoms with E-state index in [9.17, 15) is 9.59 Å². The molecule has 0 atom stereocenters. The van der Waals surface area contributed by atoms with Gasteiger partial charge in [0.2, 0.25) is 0 Å². The van der Waals surface area contributed by atoms with Crippen molar-refractivity contribution in [3.63, 3.8) is 0 Å². The van der Waals surface area contributed by atoms with E-state index < -0.39 is 5.97 Å². The molecule has 5 nitrogen and oxygen atoms in total. The molecule has 0 saturated heterocycles. The fourth-order valence-electron chi connectivity index (χ4n) is 1.31. The van der Waals surface area contributed by atoms with Crippen LogP contribution in [0.1, 0.15) is 12.0 Å². The summed E-state index contributed by atoms with van der Waals surface area (Å²) in [6, 6.07) is 5.25. The Morgan fingerprint density at radius 1 is 1.42 bits per heavy atom. The minimum absolute atomic E-state index is 0.125. The molecule has 0 aliphatic carbocycles. The summed E-state index contributed by atoms with van der Waals surface area (Å²) in [7, 11) is 1.31. The van der Waals surface area contributed by atoms with Gasteiger partial charge in [-0.1, -0.05) is 12.1 Å². The van der Waals surface area contributed by atoms with Gasteiger partial charge in [0.05, 0.1) is 24.6 Å². The molecule has 0 fully saturated rings. The van der Waals surface area contributed by atoms with Crippen molar-refractivity contribution in [2.75, 3.05) is 13.7 Å². The fourth-order valence-corrected chi connectivity index (χ4v) is 1.80. The summed E-state index contributed by atoms with van der Waals surface area (Å²) in [4.78, 5) is 21.5. The van der Waals surface area contributed by atoms with Gasteiger partial charge in [-0.15, -0.1) is 0 Å². The standard InChI is InChI=1S/C13H13BrO5/c1-18-12(17)7-8-19-13-9(5-6-11(15)16)3-2-4-10(13)14/h2-6H,7-8H2,1H3,(H,15,16). The normalized spacial score (nSPS) is 10.4. The van der Waals surface area contributed by atoms with Gasteiger partial charge < -0.3 is 14.6 Å². The largest absolute Gasteiger partial charge is 0.491 e. The summed E-state index contributed by atoms with van der Waals surface area (Å²) in [6.07, 6.45) is 2.58. The molecule has 0 amide bonds. The lowest BCUT2D eigenvalue weighted by molar-refractivity contribution is -0.141. The van der Waals surface area contributed by atoms with Crippen LogP contribution >= 0.6 is 15.9 Å². The lowest BCUT2D eigenvalue weighted by Gasteiger charge is -2.10. The molecule has 1 aromatic rings. The van der Waals surface area contributed by atoms with E-state index in [0.717, 1.165) is 6.08 Å². The topological polar surface area (TPSA) is 72.8 Å². The molecule has 0 saturated carbocycles. The number of halogens is 1. The number of carbonyl (C=O) groups is 2. The van der Waals surface area contributed by atoms with Crippen LogP contribution in [0.2, 0.25) is 0 Å². The van der Waals surface area contributed by atoms with Crippen LogP contribution in [0, 0.1) is 0 Å². The molecule has 0 spiro atoms. The van der Waals surface area contributed by atoms with E-state index in [-0.39, 0.29) is 19.0 Å². The molecule has 0 aliphatic rings.